The number of anilines is 1. The highest BCUT2D eigenvalue weighted by molar-refractivity contribution is 9.10. The van der Waals surface area contributed by atoms with Crippen LogP contribution in [-0.4, -0.2) is 4.32 Å². The van der Waals surface area contributed by atoms with Gasteiger partial charge in [0.1, 0.15) is 11.6 Å². The number of rotatable bonds is 4. The van der Waals surface area contributed by atoms with Crippen LogP contribution >= 0.6 is 15.9 Å². The van der Waals surface area contributed by atoms with E-state index in [9.17, 15) is 4.39 Å². The van der Waals surface area contributed by atoms with Crippen LogP contribution in [0.15, 0.2) is 60.1 Å². The molecule has 0 aliphatic heterocycles. The summed E-state index contributed by atoms with van der Waals surface area (Å²) in [4.78, 5) is 0. The minimum atomic E-state index is -0.300. The highest BCUT2D eigenvalue weighted by Gasteiger charge is 2.21. The van der Waals surface area contributed by atoms with Crippen LogP contribution in [-0.2, 0) is 0 Å². The highest BCUT2D eigenvalue weighted by Crippen LogP contribution is 2.32. The third-order valence-electron chi connectivity index (χ3n) is 3.12. The molecule has 20 heavy (non-hydrogen) atoms. The summed E-state index contributed by atoms with van der Waals surface area (Å²) in [5.74, 6) is 0.241. The van der Waals surface area contributed by atoms with E-state index in [-0.39, 0.29) is 10.1 Å². The van der Waals surface area contributed by atoms with Gasteiger partial charge in [0.05, 0.1) is 5.69 Å². The molecule has 1 aromatic rings. The Morgan fingerprint density at radius 3 is 2.75 bits per heavy atom. The zero-order valence-corrected chi connectivity index (χ0v) is 13.2. The standard InChI is InChI=1S/C16H18BrFN2/c1-11-8-9-16(3,17)10-15(11)20-12(2)19-14-7-5-4-6-13(14)18/h4-8,10,19-20H,2,9H2,1,3H3. The molecule has 1 aromatic carbocycles. The molecular weight excluding hydrogens is 319 g/mol. The molecule has 2 rings (SSSR count). The van der Waals surface area contributed by atoms with Crippen molar-refractivity contribution >= 4 is 21.6 Å². The summed E-state index contributed by atoms with van der Waals surface area (Å²) < 4.78 is 13.5. The monoisotopic (exact) mass is 336 g/mol. The van der Waals surface area contributed by atoms with Crippen LogP contribution in [0, 0.1) is 5.82 Å². The number of para-hydroxylation sites is 1. The maximum absolute atomic E-state index is 13.6. The van der Waals surface area contributed by atoms with E-state index in [0.717, 1.165) is 17.7 Å². The van der Waals surface area contributed by atoms with Crippen molar-refractivity contribution in [2.75, 3.05) is 5.32 Å². The fourth-order valence-corrected chi connectivity index (χ4v) is 2.38. The summed E-state index contributed by atoms with van der Waals surface area (Å²) in [6.45, 7) is 8.04. The highest BCUT2D eigenvalue weighted by atomic mass is 79.9. The van der Waals surface area contributed by atoms with E-state index in [0.29, 0.717) is 11.5 Å². The van der Waals surface area contributed by atoms with Crippen molar-refractivity contribution < 1.29 is 4.39 Å². The summed E-state index contributed by atoms with van der Waals surface area (Å²) in [6.07, 6.45) is 5.21. The zero-order chi connectivity index (χ0) is 14.8. The fraction of sp³-hybridized carbons (Fsp3) is 0.250. The van der Waals surface area contributed by atoms with Crippen LogP contribution in [0.1, 0.15) is 20.3 Å². The second-order valence-electron chi connectivity index (χ2n) is 5.14. The molecule has 2 nitrogen and oxygen atoms in total. The normalized spacial score (nSPS) is 21.8. The van der Waals surface area contributed by atoms with Crippen LogP contribution in [0.5, 0.6) is 0 Å². The molecule has 1 atom stereocenters. The van der Waals surface area contributed by atoms with Crippen molar-refractivity contribution in [3.05, 3.63) is 65.9 Å². The van der Waals surface area contributed by atoms with Gasteiger partial charge in [0.2, 0.25) is 0 Å². The molecule has 0 spiro atoms. The molecule has 1 unspecified atom stereocenters. The van der Waals surface area contributed by atoms with Crippen LogP contribution in [0.2, 0.25) is 0 Å². The second-order valence-corrected chi connectivity index (χ2v) is 6.95. The number of nitrogens with one attached hydrogen (secondary N) is 2. The molecule has 0 aromatic heterocycles. The average Bonchev–Trinajstić information content (AvgIpc) is 2.36. The third-order valence-corrected chi connectivity index (χ3v) is 3.68. The lowest BCUT2D eigenvalue weighted by molar-refractivity contribution is 0.631. The molecule has 1 aliphatic carbocycles. The predicted octanol–water partition coefficient (Wildman–Crippen LogP) is 4.69. The van der Waals surface area contributed by atoms with Gasteiger partial charge < -0.3 is 10.6 Å². The Balaban J connectivity index is 2.07. The first-order valence-electron chi connectivity index (χ1n) is 6.44. The number of alkyl halides is 1. The van der Waals surface area contributed by atoms with Crippen molar-refractivity contribution in [1.82, 2.24) is 5.32 Å². The van der Waals surface area contributed by atoms with Crippen LogP contribution < -0.4 is 10.6 Å². The van der Waals surface area contributed by atoms with Crippen molar-refractivity contribution in [2.24, 2.45) is 0 Å². The summed E-state index contributed by atoms with van der Waals surface area (Å²) in [5, 5.41) is 6.13. The third kappa shape index (κ3) is 3.73. The zero-order valence-electron chi connectivity index (χ0n) is 11.6. The van der Waals surface area contributed by atoms with E-state index in [4.69, 9.17) is 0 Å². The molecule has 0 heterocycles. The average molecular weight is 337 g/mol. The molecular formula is C16H18BrFN2. The molecule has 4 heteroatoms. The van der Waals surface area contributed by atoms with Gasteiger partial charge in [0, 0.05) is 10.0 Å². The lowest BCUT2D eigenvalue weighted by Gasteiger charge is -2.26. The van der Waals surface area contributed by atoms with E-state index in [1.807, 2.05) is 6.92 Å². The number of halogens is 2. The molecule has 0 radical (unpaired) electrons. The fourth-order valence-electron chi connectivity index (χ4n) is 1.99. The number of hydrogen-bond donors (Lipinski definition) is 2. The second kappa shape index (κ2) is 5.83. The van der Waals surface area contributed by atoms with Gasteiger partial charge in [-0.15, -0.1) is 0 Å². The lowest BCUT2D eigenvalue weighted by atomic mass is 9.96. The lowest BCUT2D eigenvalue weighted by Crippen LogP contribution is -2.25. The summed E-state index contributed by atoms with van der Waals surface area (Å²) >= 11 is 3.66. The van der Waals surface area contributed by atoms with E-state index in [2.05, 4.69) is 52.2 Å². The van der Waals surface area contributed by atoms with Gasteiger partial charge in [0.25, 0.3) is 0 Å². The van der Waals surface area contributed by atoms with Crippen molar-refractivity contribution in [3.63, 3.8) is 0 Å². The molecule has 0 saturated heterocycles. The Bertz CT molecular complexity index is 588. The van der Waals surface area contributed by atoms with Gasteiger partial charge in [-0.05, 0) is 44.1 Å². The van der Waals surface area contributed by atoms with Gasteiger partial charge in [-0.2, -0.15) is 0 Å². The Morgan fingerprint density at radius 1 is 1.35 bits per heavy atom. The largest absolute Gasteiger partial charge is 0.342 e. The maximum Gasteiger partial charge on any atom is 0.146 e. The number of benzene rings is 1. The van der Waals surface area contributed by atoms with E-state index >= 15 is 0 Å². The quantitative estimate of drug-likeness (QED) is 0.779. The van der Waals surface area contributed by atoms with Crippen LogP contribution in [0.4, 0.5) is 10.1 Å². The molecule has 0 fully saturated rings. The first kappa shape index (κ1) is 14.9. The minimum Gasteiger partial charge on any atom is -0.342 e. The van der Waals surface area contributed by atoms with E-state index in [1.165, 1.54) is 6.07 Å². The van der Waals surface area contributed by atoms with Crippen molar-refractivity contribution in [3.8, 4) is 0 Å². The topological polar surface area (TPSA) is 24.1 Å². The molecule has 106 valence electrons. The van der Waals surface area contributed by atoms with Crippen LogP contribution in [0.3, 0.4) is 0 Å². The number of hydrogen-bond acceptors (Lipinski definition) is 2. The molecule has 0 amide bonds. The van der Waals surface area contributed by atoms with Crippen molar-refractivity contribution in [1.29, 1.82) is 0 Å². The Hall–Kier alpha value is -1.55. The van der Waals surface area contributed by atoms with Gasteiger partial charge >= 0.3 is 0 Å². The predicted molar refractivity (Wildman–Crippen MR) is 86.1 cm³/mol. The maximum atomic E-state index is 13.6. The first-order chi connectivity index (χ1) is 9.37. The molecule has 1 aliphatic rings. The van der Waals surface area contributed by atoms with Crippen molar-refractivity contribution in [2.45, 2.75) is 24.6 Å². The van der Waals surface area contributed by atoms with Gasteiger partial charge in [-0.1, -0.05) is 40.7 Å². The molecule has 2 N–H and O–H groups in total. The van der Waals surface area contributed by atoms with Crippen LogP contribution in [0.25, 0.3) is 0 Å². The SMILES string of the molecule is C=C(NC1=CC(C)(Br)CC=C1C)Nc1ccccc1F. The Kier molecular flexibility index (Phi) is 4.33. The minimum absolute atomic E-state index is 0.0624. The summed E-state index contributed by atoms with van der Waals surface area (Å²) in [5.41, 5.74) is 2.53. The first-order valence-corrected chi connectivity index (χ1v) is 7.23. The van der Waals surface area contributed by atoms with Gasteiger partial charge in [0.15, 0.2) is 0 Å². The van der Waals surface area contributed by atoms with Gasteiger partial charge in [-0.25, -0.2) is 4.39 Å². The molecule has 0 bridgehead atoms. The summed E-state index contributed by atoms with van der Waals surface area (Å²) in [7, 11) is 0. The number of allylic oxidation sites excluding steroid dienone is 3. The Labute approximate surface area is 127 Å². The smallest absolute Gasteiger partial charge is 0.146 e. The molecule has 0 saturated carbocycles. The van der Waals surface area contributed by atoms with E-state index < -0.39 is 0 Å². The Morgan fingerprint density at radius 2 is 2.05 bits per heavy atom. The van der Waals surface area contributed by atoms with Gasteiger partial charge in [-0.3, -0.25) is 0 Å². The van der Waals surface area contributed by atoms with E-state index in [1.54, 1.807) is 18.2 Å². The summed E-state index contributed by atoms with van der Waals surface area (Å²) in [6, 6.07) is 6.52.